The van der Waals surface area contributed by atoms with E-state index in [-0.39, 0.29) is 17.8 Å². The van der Waals surface area contributed by atoms with E-state index in [0.717, 1.165) is 31.5 Å². The highest BCUT2D eigenvalue weighted by molar-refractivity contribution is 6.27. The lowest BCUT2D eigenvalue weighted by atomic mass is 9.97. The van der Waals surface area contributed by atoms with Crippen LogP contribution >= 0.6 is 0 Å². The predicted octanol–water partition coefficient (Wildman–Crippen LogP) is 0.611. The highest BCUT2D eigenvalue weighted by atomic mass is 19.1. The summed E-state index contributed by atoms with van der Waals surface area (Å²) in [7, 11) is 0. The average Bonchev–Trinajstić information content (AvgIpc) is 3.18. The summed E-state index contributed by atoms with van der Waals surface area (Å²) < 4.78 is 15.0. The van der Waals surface area contributed by atoms with Gasteiger partial charge in [-0.2, -0.15) is 0 Å². The Bertz CT molecular complexity index is 852. The molecule has 8 heteroatoms. The van der Waals surface area contributed by atoms with Crippen LogP contribution in [0.2, 0.25) is 0 Å². The van der Waals surface area contributed by atoms with Gasteiger partial charge >= 0.3 is 0 Å². The average molecular weight is 400 g/mol. The maximum Gasteiger partial charge on any atom is 0.254 e. The highest BCUT2D eigenvalue weighted by Crippen LogP contribution is 2.38. The van der Waals surface area contributed by atoms with Gasteiger partial charge in [0.1, 0.15) is 5.82 Å². The largest absolute Gasteiger partial charge is 0.361 e. The van der Waals surface area contributed by atoms with Crippen molar-refractivity contribution in [3.8, 4) is 0 Å². The number of hydrogen-bond donors (Lipinski definition) is 2. The van der Waals surface area contributed by atoms with Crippen LogP contribution in [0.15, 0.2) is 12.1 Å². The number of carbonyl (C=O) groups is 3. The Balaban J connectivity index is 1.35. The first kappa shape index (κ1) is 18.7. The van der Waals surface area contributed by atoms with Crippen LogP contribution in [0.5, 0.6) is 0 Å². The molecule has 29 heavy (non-hydrogen) atoms. The predicted molar refractivity (Wildman–Crippen MR) is 104 cm³/mol. The third-order valence-corrected chi connectivity index (χ3v) is 6.95. The van der Waals surface area contributed by atoms with E-state index in [4.69, 9.17) is 0 Å². The number of benzene rings is 1. The van der Waals surface area contributed by atoms with Crippen molar-refractivity contribution in [3.63, 3.8) is 0 Å². The molecule has 4 aliphatic rings. The fraction of sp³-hybridized carbons (Fsp3) is 0.571. The van der Waals surface area contributed by atoms with Crippen LogP contribution in [0, 0.1) is 5.82 Å². The zero-order chi connectivity index (χ0) is 20.1. The number of amides is 1. The Kier molecular flexibility index (Phi) is 4.63. The van der Waals surface area contributed by atoms with Crippen LogP contribution < -0.4 is 15.5 Å². The van der Waals surface area contributed by atoms with Gasteiger partial charge in [-0.3, -0.25) is 14.4 Å². The number of nitrogens with one attached hydrogen (secondary N) is 2. The number of piperazine rings is 1. The first-order valence-electron chi connectivity index (χ1n) is 10.4. The maximum absolute atomic E-state index is 15.0. The molecule has 1 aromatic carbocycles. The van der Waals surface area contributed by atoms with Gasteiger partial charge < -0.3 is 20.4 Å². The summed E-state index contributed by atoms with van der Waals surface area (Å²) in [6.07, 6.45) is 3.64. The minimum Gasteiger partial charge on any atom is -0.361 e. The van der Waals surface area contributed by atoms with Gasteiger partial charge in [0.25, 0.3) is 5.91 Å². The molecular formula is C21H25FN4O3. The van der Waals surface area contributed by atoms with Crippen LogP contribution in [0.1, 0.15) is 41.6 Å². The summed E-state index contributed by atoms with van der Waals surface area (Å²) in [6, 6.07) is 3.37. The first-order valence-corrected chi connectivity index (χ1v) is 10.4. The Morgan fingerprint density at radius 3 is 2.45 bits per heavy atom. The molecular weight excluding hydrogens is 375 g/mol. The second-order valence-corrected chi connectivity index (χ2v) is 8.56. The quantitative estimate of drug-likeness (QED) is 0.569. The molecule has 0 spiro atoms. The molecule has 3 saturated heterocycles. The standard InChI is InChI=1S/C21H25FN4O3/c22-17-6-16-12(5-19(17)26-14-1-2-15(26)8-23-7-14)10-25(21(16)29)13-3-4-18(24-9-13)20(28)11-27/h5-6,11,13-15,18,23-24H,1-4,7-10H2. The van der Waals surface area contributed by atoms with Crippen LogP contribution in [0.25, 0.3) is 0 Å². The van der Waals surface area contributed by atoms with Crippen molar-refractivity contribution in [2.75, 3.05) is 24.5 Å². The summed E-state index contributed by atoms with van der Waals surface area (Å²) in [5.74, 6) is -0.922. The molecule has 4 unspecified atom stereocenters. The first-order chi connectivity index (χ1) is 14.1. The van der Waals surface area contributed by atoms with E-state index in [1.54, 1.807) is 4.90 Å². The van der Waals surface area contributed by atoms with E-state index in [1.807, 2.05) is 6.07 Å². The summed E-state index contributed by atoms with van der Waals surface area (Å²) in [5.41, 5.74) is 1.93. The Hall–Kier alpha value is -2.32. The van der Waals surface area contributed by atoms with E-state index in [0.29, 0.717) is 55.6 Å². The van der Waals surface area contributed by atoms with Gasteiger partial charge in [-0.25, -0.2) is 4.39 Å². The molecule has 1 amide bonds. The lowest BCUT2D eigenvalue weighted by Gasteiger charge is -2.37. The molecule has 2 N–H and O–H groups in total. The van der Waals surface area contributed by atoms with Crippen molar-refractivity contribution in [2.45, 2.75) is 56.4 Å². The van der Waals surface area contributed by atoms with Gasteiger partial charge in [0.2, 0.25) is 5.78 Å². The molecule has 154 valence electrons. The number of fused-ring (bicyclic) bond motifs is 3. The van der Waals surface area contributed by atoms with Gasteiger partial charge in [-0.1, -0.05) is 0 Å². The molecule has 4 aliphatic heterocycles. The number of piperidine rings is 1. The minimum absolute atomic E-state index is 0.0625. The Labute approximate surface area is 168 Å². The number of nitrogens with zero attached hydrogens (tertiary/aromatic N) is 2. The Morgan fingerprint density at radius 2 is 1.79 bits per heavy atom. The second kappa shape index (κ2) is 7.18. The molecule has 4 atom stereocenters. The summed E-state index contributed by atoms with van der Waals surface area (Å²) in [6.45, 7) is 2.65. The van der Waals surface area contributed by atoms with Crippen LogP contribution in [0.4, 0.5) is 10.1 Å². The van der Waals surface area contributed by atoms with Crippen molar-refractivity contribution in [3.05, 3.63) is 29.1 Å². The van der Waals surface area contributed by atoms with Gasteiger partial charge in [-0.05, 0) is 43.4 Å². The van der Waals surface area contributed by atoms with Gasteiger partial charge in [0, 0.05) is 49.9 Å². The third-order valence-electron chi connectivity index (χ3n) is 6.95. The SMILES string of the molecule is O=CC(=O)C1CCC(N2Cc3cc(N4C5CCC4CNC5)c(F)cc3C2=O)CN1. The Morgan fingerprint density at radius 1 is 1.07 bits per heavy atom. The zero-order valence-electron chi connectivity index (χ0n) is 16.2. The normalized spacial score (nSPS) is 31.1. The zero-order valence-corrected chi connectivity index (χ0v) is 16.2. The van der Waals surface area contributed by atoms with Crippen LogP contribution in [0.3, 0.4) is 0 Å². The van der Waals surface area contributed by atoms with Crippen molar-refractivity contribution >= 4 is 23.7 Å². The maximum atomic E-state index is 15.0. The molecule has 0 aliphatic carbocycles. The molecule has 0 radical (unpaired) electrons. The van der Waals surface area contributed by atoms with E-state index < -0.39 is 11.8 Å². The number of ketones is 1. The van der Waals surface area contributed by atoms with E-state index >= 15 is 4.39 Å². The molecule has 2 bridgehead atoms. The number of carbonyl (C=O) groups excluding carboxylic acids is 3. The molecule has 1 aromatic rings. The van der Waals surface area contributed by atoms with Gasteiger partial charge in [-0.15, -0.1) is 0 Å². The number of halogens is 1. The number of Topliss-reactive ketones (excluding diaryl/α,β-unsaturated/α-hetero) is 1. The summed E-state index contributed by atoms with van der Waals surface area (Å²) >= 11 is 0. The number of hydrogen-bond acceptors (Lipinski definition) is 6. The lowest BCUT2D eigenvalue weighted by molar-refractivity contribution is -0.131. The van der Waals surface area contributed by atoms with Crippen molar-refractivity contribution < 1.29 is 18.8 Å². The number of aldehydes is 1. The van der Waals surface area contributed by atoms with Gasteiger partial charge in [0.05, 0.1) is 11.7 Å². The molecule has 0 saturated carbocycles. The van der Waals surface area contributed by atoms with E-state index in [2.05, 4.69) is 15.5 Å². The molecule has 7 nitrogen and oxygen atoms in total. The molecule has 3 fully saturated rings. The lowest BCUT2D eigenvalue weighted by Crippen LogP contribution is -2.52. The van der Waals surface area contributed by atoms with Gasteiger partial charge in [0.15, 0.2) is 6.29 Å². The monoisotopic (exact) mass is 400 g/mol. The van der Waals surface area contributed by atoms with Crippen molar-refractivity contribution in [2.24, 2.45) is 0 Å². The van der Waals surface area contributed by atoms with E-state index in [9.17, 15) is 14.4 Å². The fourth-order valence-electron chi connectivity index (χ4n) is 5.44. The molecule has 0 aromatic heterocycles. The smallest absolute Gasteiger partial charge is 0.254 e. The van der Waals surface area contributed by atoms with Crippen LogP contribution in [-0.2, 0) is 16.1 Å². The molecule has 5 rings (SSSR count). The van der Waals surface area contributed by atoms with E-state index in [1.165, 1.54) is 6.07 Å². The minimum atomic E-state index is -0.462. The van der Waals surface area contributed by atoms with Crippen molar-refractivity contribution in [1.29, 1.82) is 0 Å². The van der Waals surface area contributed by atoms with Crippen LogP contribution in [-0.4, -0.2) is 66.7 Å². The van der Waals surface area contributed by atoms with Crippen molar-refractivity contribution in [1.82, 2.24) is 15.5 Å². The highest BCUT2D eigenvalue weighted by Gasteiger charge is 2.40. The topological polar surface area (TPSA) is 81.8 Å². The molecule has 4 heterocycles. The number of anilines is 1. The number of rotatable bonds is 4. The summed E-state index contributed by atoms with van der Waals surface area (Å²) in [4.78, 5) is 39.2. The summed E-state index contributed by atoms with van der Waals surface area (Å²) in [5, 5.41) is 6.49. The third kappa shape index (κ3) is 3.05. The second-order valence-electron chi connectivity index (χ2n) is 8.56. The fourth-order valence-corrected chi connectivity index (χ4v) is 5.44.